The number of hydrogen-bond donors (Lipinski definition) is 1. The molecule has 28 heavy (non-hydrogen) atoms. The van der Waals surface area contributed by atoms with Gasteiger partial charge in [-0.3, -0.25) is 4.57 Å². The van der Waals surface area contributed by atoms with Crippen LogP contribution < -0.4 is 4.72 Å². The van der Waals surface area contributed by atoms with Crippen LogP contribution in [-0.4, -0.2) is 41.7 Å². The molecule has 0 unspecified atom stereocenters. The first-order chi connectivity index (χ1) is 13.5. The van der Waals surface area contributed by atoms with Gasteiger partial charge in [-0.1, -0.05) is 53.7 Å². The lowest BCUT2D eigenvalue weighted by atomic mass is 10.2. The van der Waals surface area contributed by atoms with Crippen LogP contribution in [0.2, 0.25) is 5.02 Å². The molecule has 3 aromatic rings. The van der Waals surface area contributed by atoms with Gasteiger partial charge in [0.25, 0.3) is 0 Å². The standard InChI is InChI=1S/C19H21ClN4O2S2/c1-21-28(25,26)13-5-12-27-19-23-22-18(16-8-10-17(20)11-9-16)24(19)14-15-6-3-2-4-7-15/h2-4,6-11,21H,5,12-14H2,1H3. The predicted octanol–water partition coefficient (Wildman–Crippen LogP) is 3.68. The van der Waals surface area contributed by atoms with Crippen molar-refractivity contribution in [3.05, 3.63) is 65.2 Å². The van der Waals surface area contributed by atoms with Crippen LogP contribution in [-0.2, 0) is 16.6 Å². The van der Waals surface area contributed by atoms with E-state index < -0.39 is 10.0 Å². The predicted molar refractivity (Wildman–Crippen MR) is 114 cm³/mol. The third-order valence-electron chi connectivity index (χ3n) is 4.10. The molecule has 0 aliphatic rings. The van der Waals surface area contributed by atoms with Gasteiger partial charge in [0.2, 0.25) is 10.0 Å². The minimum atomic E-state index is -3.19. The molecule has 1 heterocycles. The summed E-state index contributed by atoms with van der Waals surface area (Å²) in [5, 5.41) is 10.1. The van der Waals surface area contributed by atoms with Gasteiger partial charge in [0.1, 0.15) is 0 Å². The van der Waals surface area contributed by atoms with Crippen LogP contribution in [0.4, 0.5) is 0 Å². The first-order valence-corrected chi connectivity index (χ1v) is 11.8. The highest BCUT2D eigenvalue weighted by molar-refractivity contribution is 7.99. The summed E-state index contributed by atoms with van der Waals surface area (Å²) in [6, 6.07) is 17.6. The quantitative estimate of drug-likeness (QED) is 0.409. The Morgan fingerprint density at radius 2 is 1.79 bits per heavy atom. The van der Waals surface area contributed by atoms with Crippen molar-refractivity contribution in [3.63, 3.8) is 0 Å². The van der Waals surface area contributed by atoms with Gasteiger partial charge in [-0.05, 0) is 43.3 Å². The van der Waals surface area contributed by atoms with Crippen LogP contribution in [0.1, 0.15) is 12.0 Å². The van der Waals surface area contributed by atoms with Crippen molar-refractivity contribution < 1.29 is 8.42 Å². The molecule has 0 aliphatic heterocycles. The third-order valence-corrected chi connectivity index (χ3v) is 6.86. The SMILES string of the molecule is CNS(=O)(=O)CCCSc1nnc(-c2ccc(Cl)cc2)n1Cc1ccccc1. The fourth-order valence-corrected chi connectivity index (χ4v) is 4.54. The van der Waals surface area contributed by atoms with Crippen molar-refractivity contribution in [1.29, 1.82) is 0 Å². The zero-order valence-corrected chi connectivity index (χ0v) is 17.8. The van der Waals surface area contributed by atoms with E-state index in [4.69, 9.17) is 11.6 Å². The van der Waals surface area contributed by atoms with Gasteiger partial charge in [0, 0.05) is 16.3 Å². The van der Waals surface area contributed by atoms with E-state index in [1.54, 1.807) is 0 Å². The topological polar surface area (TPSA) is 76.9 Å². The van der Waals surface area contributed by atoms with E-state index in [0.29, 0.717) is 23.7 Å². The maximum Gasteiger partial charge on any atom is 0.211 e. The molecule has 0 fully saturated rings. The fraction of sp³-hybridized carbons (Fsp3) is 0.263. The molecule has 0 aliphatic carbocycles. The molecule has 0 spiro atoms. The molecule has 6 nitrogen and oxygen atoms in total. The van der Waals surface area contributed by atoms with Crippen LogP contribution in [0.3, 0.4) is 0 Å². The summed E-state index contributed by atoms with van der Waals surface area (Å²) < 4.78 is 27.5. The Balaban J connectivity index is 1.82. The third kappa shape index (κ3) is 5.57. The summed E-state index contributed by atoms with van der Waals surface area (Å²) in [6.07, 6.45) is 0.530. The first-order valence-electron chi connectivity index (χ1n) is 8.75. The average Bonchev–Trinajstić information content (AvgIpc) is 3.09. The van der Waals surface area contributed by atoms with Crippen molar-refractivity contribution in [2.24, 2.45) is 0 Å². The van der Waals surface area contributed by atoms with Crippen LogP contribution in [0.5, 0.6) is 0 Å². The fourth-order valence-electron chi connectivity index (χ4n) is 2.63. The largest absolute Gasteiger partial charge is 0.298 e. The number of sulfonamides is 1. The lowest BCUT2D eigenvalue weighted by molar-refractivity contribution is 0.587. The molecule has 0 saturated heterocycles. The number of nitrogens with one attached hydrogen (secondary N) is 1. The van der Waals surface area contributed by atoms with E-state index in [9.17, 15) is 8.42 Å². The number of thioether (sulfide) groups is 1. The van der Waals surface area contributed by atoms with Crippen LogP contribution in [0.15, 0.2) is 59.8 Å². The molecule has 0 bridgehead atoms. The van der Waals surface area contributed by atoms with Gasteiger partial charge >= 0.3 is 0 Å². The van der Waals surface area contributed by atoms with Crippen molar-refractivity contribution in [2.75, 3.05) is 18.6 Å². The number of rotatable bonds is 9. The molecule has 0 atom stereocenters. The molecule has 1 N–H and O–H groups in total. The Morgan fingerprint density at radius 3 is 2.46 bits per heavy atom. The molecular formula is C19H21ClN4O2S2. The van der Waals surface area contributed by atoms with Crippen molar-refractivity contribution in [2.45, 2.75) is 18.1 Å². The molecule has 148 valence electrons. The van der Waals surface area contributed by atoms with Gasteiger partial charge in [-0.2, -0.15) is 0 Å². The highest BCUT2D eigenvalue weighted by Crippen LogP contribution is 2.26. The molecule has 0 radical (unpaired) electrons. The highest BCUT2D eigenvalue weighted by atomic mass is 35.5. The monoisotopic (exact) mass is 436 g/mol. The minimum Gasteiger partial charge on any atom is -0.298 e. The van der Waals surface area contributed by atoms with Crippen molar-refractivity contribution in [3.8, 4) is 11.4 Å². The zero-order valence-electron chi connectivity index (χ0n) is 15.4. The summed E-state index contributed by atoms with van der Waals surface area (Å²) in [5.41, 5.74) is 2.06. The van der Waals surface area contributed by atoms with Gasteiger partial charge < -0.3 is 0 Å². The maximum atomic E-state index is 11.6. The number of nitrogens with zero attached hydrogens (tertiary/aromatic N) is 3. The van der Waals surface area contributed by atoms with E-state index in [1.165, 1.54) is 18.8 Å². The Kier molecular flexibility index (Phi) is 7.12. The number of aromatic nitrogens is 3. The van der Waals surface area contributed by atoms with Gasteiger partial charge in [-0.15, -0.1) is 10.2 Å². The smallest absolute Gasteiger partial charge is 0.211 e. The second-order valence-electron chi connectivity index (χ2n) is 6.11. The Labute approximate surface area is 174 Å². The zero-order chi connectivity index (χ0) is 20.0. The number of benzene rings is 2. The van der Waals surface area contributed by atoms with Crippen molar-refractivity contribution >= 4 is 33.4 Å². The van der Waals surface area contributed by atoms with Crippen LogP contribution in [0.25, 0.3) is 11.4 Å². The molecule has 1 aromatic heterocycles. The Bertz CT molecular complexity index is 1010. The van der Waals surface area contributed by atoms with E-state index in [-0.39, 0.29) is 5.75 Å². The highest BCUT2D eigenvalue weighted by Gasteiger charge is 2.15. The van der Waals surface area contributed by atoms with Gasteiger partial charge in [0.15, 0.2) is 11.0 Å². The van der Waals surface area contributed by atoms with E-state index in [2.05, 4.69) is 31.6 Å². The second-order valence-corrected chi connectivity index (χ2v) is 9.65. The minimum absolute atomic E-state index is 0.0906. The molecule has 0 saturated carbocycles. The average molecular weight is 437 g/mol. The second kappa shape index (κ2) is 9.56. The summed E-state index contributed by atoms with van der Waals surface area (Å²) in [5.74, 6) is 1.48. The van der Waals surface area contributed by atoms with E-state index in [1.807, 2.05) is 42.5 Å². The maximum absolute atomic E-state index is 11.6. The Morgan fingerprint density at radius 1 is 1.07 bits per heavy atom. The summed E-state index contributed by atoms with van der Waals surface area (Å²) in [4.78, 5) is 0. The van der Waals surface area contributed by atoms with Gasteiger partial charge in [-0.25, -0.2) is 13.1 Å². The lowest BCUT2D eigenvalue weighted by Gasteiger charge is -2.11. The van der Waals surface area contributed by atoms with E-state index >= 15 is 0 Å². The van der Waals surface area contributed by atoms with Crippen LogP contribution >= 0.6 is 23.4 Å². The van der Waals surface area contributed by atoms with Crippen molar-refractivity contribution in [1.82, 2.24) is 19.5 Å². The molecule has 3 rings (SSSR count). The molecule has 0 amide bonds. The molecular weight excluding hydrogens is 416 g/mol. The number of halogens is 1. The van der Waals surface area contributed by atoms with Gasteiger partial charge in [0.05, 0.1) is 12.3 Å². The van der Waals surface area contributed by atoms with Crippen LogP contribution in [0, 0.1) is 0 Å². The normalized spacial score (nSPS) is 11.6. The molecule has 2 aromatic carbocycles. The summed E-state index contributed by atoms with van der Waals surface area (Å²) in [7, 11) is -1.77. The Hall–Kier alpha value is -1.87. The lowest BCUT2D eigenvalue weighted by Crippen LogP contribution is -2.22. The first kappa shape index (κ1) is 20.9. The summed E-state index contributed by atoms with van der Waals surface area (Å²) in [6.45, 7) is 0.628. The van der Waals surface area contributed by atoms with E-state index in [0.717, 1.165) is 22.1 Å². The number of hydrogen-bond acceptors (Lipinski definition) is 5. The molecule has 9 heteroatoms. The summed E-state index contributed by atoms with van der Waals surface area (Å²) >= 11 is 7.51.